The second-order valence-electron chi connectivity index (χ2n) is 4.19. The number of phenols is 1. The molecule has 2 rings (SSSR count). The lowest BCUT2D eigenvalue weighted by atomic mass is 10.1. The molecule has 0 bridgehead atoms. The van der Waals surface area contributed by atoms with Crippen LogP contribution in [0.3, 0.4) is 0 Å². The molecule has 108 valence electrons. The van der Waals surface area contributed by atoms with Crippen molar-refractivity contribution in [3.8, 4) is 5.75 Å². The third-order valence-corrected chi connectivity index (χ3v) is 2.70. The molecule has 1 aromatic carbocycles. The molecule has 0 saturated heterocycles. The van der Waals surface area contributed by atoms with E-state index >= 15 is 0 Å². The fourth-order valence-electron chi connectivity index (χ4n) is 1.66. The molecule has 2 aromatic rings. The molecule has 0 spiro atoms. The van der Waals surface area contributed by atoms with Gasteiger partial charge in [0.1, 0.15) is 11.6 Å². The van der Waals surface area contributed by atoms with Gasteiger partial charge in [-0.05, 0) is 30.3 Å². The van der Waals surface area contributed by atoms with Gasteiger partial charge in [-0.3, -0.25) is 9.78 Å². The van der Waals surface area contributed by atoms with Crippen molar-refractivity contribution in [1.29, 1.82) is 0 Å². The summed E-state index contributed by atoms with van der Waals surface area (Å²) in [6.07, 6.45) is 1.31. The summed E-state index contributed by atoms with van der Waals surface area (Å²) in [7, 11) is 0. The molecule has 21 heavy (non-hydrogen) atoms. The van der Waals surface area contributed by atoms with Crippen molar-refractivity contribution in [1.82, 2.24) is 10.3 Å². The number of halogens is 1. The van der Waals surface area contributed by atoms with E-state index in [9.17, 15) is 19.1 Å². The fourth-order valence-corrected chi connectivity index (χ4v) is 1.66. The van der Waals surface area contributed by atoms with Crippen LogP contribution in [0, 0.1) is 5.82 Å². The maximum atomic E-state index is 13.0. The highest BCUT2D eigenvalue weighted by atomic mass is 19.1. The number of carbonyl (C=O) groups is 2. The van der Waals surface area contributed by atoms with Gasteiger partial charge in [0.05, 0.1) is 23.4 Å². The Balaban J connectivity index is 2.09. The highest BCUT2D eigenvalue weighted by Crippen LogP contribution is 2.17. The zero-order valence-electron chi connectivity index (χ0n) is 10.7. The summed E-state index contributed by atoms with van der Waals surface area (Å²) >= 11 is 0. The monoisotopic (exact) mass is 290 g/mol. The van der Waals surface area contributed by atoms with Gasteiger partial charge in [0, 0.05) is 6.20 Å². The Labute approximate surface area is 118 Å². The largest absolute Gasteiger partial charge is 0.507 e. The van der Waals surface area contributed by atoms with E-state index in [0.717, 1.165) is 18.2 Å². The summed E-state index contributed by atoms with van der Waals surface area (Å²) < 4.78 is 13.0. The Hall–Kier alpha value is -2.96. The SMILES string of the molecule is O=C(O)c1ccnc(CNC(=O)c2cc(F)ccc2O)c1. The number of nitrogens with zero attached hydrogens (tertiary/aromatic N) is 1. The van der Waals surface area contributed by atoms with Gasteiger partial charge in [0.15, 0.2) is 0 Å². The summed E-state index contributed by atoms with van der Waals surface area (Å²) in [5, 5.41) is 20.8. The van der Waals surface area contributed by atoms with Crippen LogP contribution < -0.4 is 5.32 Å². The average molecular weight is 290 g/mol. The van der Waals surface area contributed by atoms with Crippen LogP contribution in [-0.2, 0) is 6.54 Å². The second-order valence-corrected chi connectivity index (χ2v) is 4.19. The first kappa shape index (κ1) is 14.4. The van der Waals surface area contributed by atoms with Gasteiger partial charge in [0.2, 0.25) is 0 Å². The molecule has 1 amide bonds. The number of rotatable bonds is 4. The summed E-state index contributed by atoms with van der Waals surface area (Å²) in [5.74, 6) is -2.78. The Kier molecular flexibility index (Phi) is 4.13. The molecule has 0 atom stereocenters. The van der Waals surface area contributed by atoms with E-state index in [-0.39, 0.29) is 23.4 Å². The van der Waals surface area contributed by atoms with Gasteiger partial charge in [-0.1, -0.05) is 0 Å². The normalized spacial score (nSPS) is 10.1. The van der Waals surface area contributed by atoms with E-state index in [1.54, 1.807) is 0 Å². The Bertz CT molecular complexity index is 703. The first-order chi connectivity index (χ1) is 9.97. The first-order valence-corrected chi connectivity index (χ1v) is 5.92. The van der Waals surface area contributed by atoms with E-state index in [1.165, 1.54) is 18.3 Å². The van der Waals surface area contributed by atoms with Crippen molar-refractivity contribution in [2.24, 2.45) is 0 Å². The number of carboxylic acids is 1. The van der Waals surface area contributed by atoms with Crippen LogP contribution in [0.5, 0.6) is 5.75 Å². The van der Waals surface area contributed by atoms with Crippen molar-refractivity contribution < 1.29 is 24.2 Å². The van der Waals surface area contributed by atoms with Gasteiger partial charge in [-0.25, -0.2) is 9.18 Å². The van der Waals surface area contributed by atoms with E-state index in [0.29, 0.717) is 5.69 Å². The number of aromatic hydroxyl groups is 1. The van der Waals surface area contributed by atoms with Crippen LogP contribution in [0.4, 0.5) is 4.39 Å². The number of phenolic OH excluding ortho intramolecular Hbond substituents is 1. The van der Waals surface area contributed by atoms with Gasteiger partial charge in [0.25, 0.3) is 5.91 Å². The number of amides is 1. The van der Waals surface area contributed by atoms with Crippen molar-refractivity contribution in [2.75, 3.05) is 0 Å². The summed E-state index contributed by atoms with van der Waals surface area (Å²) in [4.78, 5) is 26.5. The molecule has 1 aromatic heterocycles. The minimum absolute atomic E-state index is 0.0443. The Morgan fingerprint density at radius 3 is 2.71 bits per heavy atom. The number of benzene rings is 1. The lowest BCUT2D eigenvalue weighted by molar-refractivity contribution is 0.0696. The third-order valence-electron chi connectivity index (χ3n) is 2.70. The third kappa shape index (κ3) is 3.53. The standard InChI is InChI=1S/C14H11FN2O4/c15-9-1-2-12(18)11(6-9)13(19)17-7-10-5-8(14(20)21)3-4-16-10/h1-6,18H,7H2,(H,17,19)(H,20,21). The number of aromatic carboxylic acids is 1. The van der Waals surface area contributed by atoms with E-state index in [2.05, 4.69) is 10.3 Å². The number of hydrogen-bond donors (Lipinski definition) is 3. The summed E-state index contributed by atoms with van der Waals surface area (Å²) in [6, 6.07) is 5.66. The average Bonchev–Trinajstić information content (AvgIpc) is 2.47. The lowest BCUT2D eigenvalue weighted by Crippen LogP contribution is -2.23. The predicted octanol–water partition coefficient (Wildman–Crippen LogP) is 1.55. The van der Waals surface area contributed by atoms with Crippen LogP contribution in [0.15, 0.2) is 36.5 Å². The highest BCUT2D eigenvalue weighted by Gasteiger charge is 2.12. The highest BCUT2D eigenvalue weighted by molar-refractivity contribution is 5.96. The Morgan fingerprint density at radius 2 is 2.00 bits per heavy atom. The zero-order chi connectivity index (χ0) is 15.4. The molecule has 0 fully saturated rings. The number of carboxylic acid groups (broad SMARTS) is 1. The van der Waals surface area contributed by atoms with E-state index in [1.807, 2.05) is 0 Å². The number of pyridine rings is 1. The molecule has 0 saturated carbocycles. The number of carbonyl (C=O) groups excluding carboxylic acids is 1. The van der Waals surface area contributed by atoms with Crippen molar-refractivity contribution >= 4 is 11.9 Å². The molecule has 3 N–H and O–H groups in total. The number of nitrogens with one attached hydrogen (secondary N) is 1. The summed E-state index contributed by atoms with van der Waals surface area (Å²) in [6.45, 7) is -0.0457. The van der Waals surface area contributed by atoms with Crippen LogP contribution >= 0.6 is 0 Å². The van der Waals surface area contributed by atoms with Crippen molar-refractivity contribution in [3.63, 3.8) is 0 Å². The van der Waals surface area contributed by atoms with Crippen molar-refractivity contribution in [2.45, 2.75) is 6.54 Å². The molecular formula is C14H11FN2O4. The van der Waals surface area contributed by atoms with Crippen molar-refractivity contribution in [3.05, 3.63) is 59.2 Å². The molecule has 7 heteroatoms. The van der Waals surface area contributed by atoms with E-state index in [4.69, 9.17) is 5.11 Å². The molecular weight excluding hydrogens is 279 g/mol. The zero-order valence-corrected chi connectivity index (χ0v) is 10.7. The molecule has 0 unspecified atom stereocenters. The maximum absolute atomic E-state index is 13.0. The van der Waals surface area contributed by atoms with Crippen LogP contribution in [0.25, 0.3) is 0 Å². The molecule has 0 radical (unpaired) electrons. The molecule has 6 nitrogen and oxygen atoms in total. The smallest absolute Gasteiger partial charge is 0.335 e. The lowest BCUT2D eigenvalue weighted by Gasteiger charge is -2.07. The topological polar surface area (TPSA) is 99.5 Å². The van der Waals surface area contributed by atoms with Gasteiger partial charge < -0.3 is 15.5 Å². The Morgan fingerprint density at radius 1 is 1.24 bits per heavy atom. The fraction of sp³-hybridized carbons (Fsp3) is 0.0714. The van der Waals surface area contributed by atoms with Crippen LogP contribution in [-0.4, -0.2) is 27.1 Å². The van der Waals surface area contributed by atoms with E-state index < -0.39 is 17.7 Å². The van der Waals surface area contributed by atoms with Crippen LogP contribution in [0.2, 0.25) is 0 Å². The second kappa shape index (κ2) is 6.00. The van der Waals surface area contributed by atoms with Gasteiger partial charge in [-0.15, -0.1) is 0 Å². The minimum Gasteiger partial charge on any atom is -0.507 e. The summed E-state index contributed by atoms with van der Waals surface area (Å²) in [5.41, 5.74) is 0.173. The van der Waals surface area contributed by atoms with Gasteiger partial charge >= 0.3 is 5.97 Å². The quantitative estimate of drug-likeness (QED) is 0.793. The maximum Gasteiger partial charge on any atom is 0.335 e. The molecule has 1 heterocycles. The number of aromatic nitrogens is 1. The molecule has 0 aliphatic rings. The first-order valence-electron chi connectivity index (χ1n) is 5.92. The van der Waals surface area contributed by atoms with Gasteiger partial charge in [-0.2, -0.15) is 0 Å². The molecule has 0 aliphatic carbocycles. The molecule has 0 aliphatic heterocycles. The predicted molar refractivity (Wildman–Crippen MR) is 70.4 cm³/mol. The minimum atomic E-state index is -1.10. The number of hydrogen-bond acceptors (Lipinski definition) is 4. The van der Waals surface area contributed by atoms with Crippen LogP contribution in [0.1, 0.15) is 26.4 Å².